The second-order valence-electron chi connectivity index (χ2n) is 10.8. The molecule has 1 aliphatic heterocycles. The Bertz CT molecular complexity index is 1770. The fourth-order valence-corrected chi connectivity index (χ4v) is 5.82. The van der Waals surface area contributed by atoms with E-state index in [2.05, 4.69) is 63.4 Å². The van der Waals surface area contributed by atoms with Crippen molar-refractivity contribution in [2.75, 3.05) is 40.0 Å². The Kier molecular flexibility index (Phi) is 9.16. The van der Waals surface area contributed by atoms with Gasteiger partial charge in [-0.1, -0.05) is 71.7 Å². The third kappa shape index (κ3) is 6.75. The molecule has 0 bridgehead atoms. The van der Waals surface area contributed by atoms with Gasteiger partial charge in [0.15, 0.2) is 0 Å². The van der Waals surface area contributed by atoms with Crippen LogP contribution in [0.2, 0.25) is 10.0 Å². The topological polar surface area (TPSA) is 96.9 Å². The number of hydrogen-bond donors (Lipinski definition) is 2. The Hall–Kier alpha value is -3.92. The largest absolute Gasteiger partial charge is 0.465 e. The molecule has 226 valence electrons. The van der Waals surface area contributed by atoms with E-state index in [4.69, 9.17) is 42.5 Å². The zero-order valence-electron chi connectivity index (χ0n) is 24.1. The number of imidazole rings is 1. The van der Waals surface area contributed by atoms with Crippen LogP contribution in [0.5, 0.6) is 11.8 Å². The average molecular weight is 633 g/mol. The molecular formula is C34H31Cl2N3O5. The number of aromatic amines is 1. The number of hydrogen-bond acceptors (Lipinski definition) is 7. The van der Waals surface area contributed by atoms with Crippen molar-refractivity contribution < 1.29 is 24.1 Å². The Morgan fingerprint density at radius 1 is 0.955 bits per heavy atom. The molecule has 1 saturated heterocycles. The lowest BCUT2D eigenvalue weighted by Crippen LogP contribution is -2.48. The number of carbonyl (C=O) groups is 1. The molecule has 0 amide bonds. The lowest BCUT2D eigenvalue weighted by atomic mass is 9.98. The van der Waals surface area contributed by atoms with Crippen LogP contribution in [0, 0.1) is 5.92 Å². The van der Waals surface area contributed by atoms with E-state index in [0.717, 1.165) is 47.4 Å². The van der Waals surface area contributed by atoms with Gasteiger partial charge in [-0.25, -0.2) is 4.79 Å². The van der Waals surface area contributed by atoms with Crippen LogP contribution < -0.4 is 4.74 Å². The number of esters is 1. The number of aliphatic hydroxyl groups excluding tert-OH is 1. The third-order valence-electron chi connectivity index (χ3n) is 7.62. The van der Waals surface area contributed by atoms with Gasteiger partial charge in [0.1, 0.15) is 5.75 Å². The summed E-state index contributed by atoms with van der Waals surface area (Å²) < 4.78 is 16.1. The maximum absolute atomic E-state index is 12.0. The third-order valence-corrected chi connectivity index (χ3v) is 8.26. The van der Waals surface area contributed by atoms with Crippen molar-refractivity contribution in [3.05, 3.63) is 100 Å². The number of nitrogens with one attached hydrogen (secondary N) is 1. The van der Waals surface area contributed by atoms with E-state index in [-0.39, 0.29) is 23.2 Å². The second kappa shape index (κ2) is 13.4. The molecule has 6 rings (SSSR count). The van der Waals surface area contributed by atoms with Gasteiger partial charge in [-0.05, 0) is 52.6 Å². The fraction of sp³-hybridized carbons (Fsp3) is 0.235. The van der Waals surface area contributed by atoms with Crippen molar-refractivity contribution in [3.63, 3.8) is 0 Å². The molecule has 1 fully saturated rings. The lowest BCUT2D eigenvalue weighted by Gasteiger charge is -2.39. The zero-order valence-corrected chi connectivity index (χ0v) is 25.6. The van der Waals surface area contributed by atoms with E-state index in [1.807, 2.05) is 12.1 Å². The summed E-state index contributed by atoms with van der Waals surface area (Å²) in [6.45, 7) is 4.17. The van der Waals surface area contributed by atoms with E-state index < -0.39 is 5.97 Å². The summed E-state index contributed by atoms with van der Waals surface area (Å²) in [4.78, 5) is 22.1. The van der Waals surface area contributed by atoms with E-state index in [0.29, 0.717) is 35.4 Å². The Morgan fingerprint density at radius 2 is 1.66 bits per heavy atom. The summed E-state index contributed by atoms with van der Waals surface area (Å²) in [6.07, 6.45) is 0. The van der Waals surface area contributed by atoms with Crippen molar-refractivity contribution in [2.45, 2.75) is 6.54 Å². The minimum atomic E-state index is -0.553. The van der Waals surface area contributed by atoms with E-state index in [1.54, 1.807) is 12.1 Å². The molecule has 0 unspecified atom stereocenters. The summed E-state index contributed by atoms with van der Waals surface area (Å²) >= 11 is 12.8. The number of nitrogens with zero attached hydrogens (tertiary/aromatic N) is 2. The summed E-state index contributed by atoms with van der Waals surface area (Å²) in [5.41, 5.74) is 6.98. The molecular weight excluding hydrogens is 601 g/mol. The van der Waals surface area contributed by atoms with Crippen LogP contribution in [0.4, 0.5) is 0 Å². The van der Waals surface area contributed by atoms with Gasteiger partial charge in [-0.15, -0.1) is 0 Å². The van der Waals surface area contributed by atoms with Crippen LogP contribution >= 0.6 is 23.2 Å². The number of aromatic nitrogens is 2. The Balaban J connectivity index is 1.11. The molecule has 5 aromatic rings. The molecule has 2 N–H and O–H groups in total. The molecule has 8 nitrogen and oxygen atoms in total. The number of rotatable bonds is 11. The maximum Gasteiger partial charge on any atom is 0.339 e. The number of H-pyrrole nitrogens is 1. The summed E-state index contributed by atoms with van der Waals surface area (Å²) in [7, 11) is 1.29. The van der Waals surface area contributed by atoms with Gasteiger partial charge in [0, 0.05) is 31.1 Å². The van der Waals surface area contributed by atoms with Gasteiger partial charge in [0.25, 0.3) is 6.01 Å². The highest BCUT2D eigenvalue weighted by Gasteiger charge is 2.26. The highest BCUT2D eigenvalue weighted by atomic mass is 35.5. The first-order valence-corrected chi connectivity index (χ1v) is 15.0. The number of likely N-dealkylation sites (tertiary alicyclic amines) is 1. The van der Waals surface area contributed by atoms with Crippen molar-refractivity contribution in [1.29, 1.82) is 0 Å². The molecule has 2 heterocycles. The van der Waals surface area contributed by atoms with Gasteiger partial charge in [0.05, 0.1) is 53.6 Å². The number of carbonyl (C=O) groups excluding carboxylic acids is 1. The minimum absolute atomic E-state index is 0.0758. The molecule has 10 heteroatoms. The molecule has 0 radical (unpaired) electrons. The quantitative estimate of drug-likeness (QED) is 0.117. The molecule has 1 aromatic heterocycles. The maximum atomic E-state index is 12.0. The second-order valence-corrected chi connectivity index (χ2v) is 11.6. The first-order valence-electron chi connectivity index (χ1n) is 14.3. The van der Waals surface area contributed by atoms with Crippen molar-refractivity contribution in [1.82, 2.24) is 14.9 Å². The number of fused-ring (bicyclic) bond motifs is 1. The fourth-order valence-electron chi connectivity index (χ4n) is 5.35. The van der Waals surface area contributed by atoms with Crippen molar-refractivity contribution in [3.8, 4) is 34.0 Å². The molecule has 4 aromatic carbocycles. The Labute approximate surface area is 265 Å². The predicted molar refractivity (Wildman–Crippen MR) is 172 cm³/mol. The monoisotopic (exact) mass is 631 g/mol. The molecule has 1 aliphatic rings. The van der Waals surface area contributed by atoms with Gasteiger partial charge >= 0.3 is 5.97 Å². The molecule has 0 saturated carbocycles. The smallest absolute Gasteiger partial charge is 0.339 e. The standard InChI is InChI=1S/C34H31Cl2N3O5/c1-42-33(41)28-14-26(10-11-29(28)35)44-34-37-31-15-27(30(36)16-32(31)38-34)25-8-6-24(7-9-25)23-4-2-21(3-5-23)17-39-18-22(19-39)20-43-13-12-40/h2-11,14-16,22,40H,12-13,17-20H2,1H3,(H,37,38). The first kappa shape index (κ1) is 30.1. The van der Waals surface area contributed by atoms with Gasteiger partial charge in [-0.3, -0.25) is 4.90 Å². The van der Waals surface area contributed by atoms with E-state index >= 15 is 0 Å². The summed E-state index contributed by atoms with van der Waals surface area (Å²) in [5.74, 6) is 0.385. The average Bonchev–Trinajstić information content (AvgIpc) is 3.41. The van der Waals surface area contributed by atoms with Crippen LogP contribution in [0.1, 0.15) is 15.9 Å². The zero-order chi connectivity index (χ0) is 30.6. The SMILES string of the molecule is COC(=O)c1cc(Oc2nc3cc(-c4ccc(-c5ccc(CN6CC(COCCO)C6)cc5)cc4)c(Cl)cc3[nH]2)ccc1Cl. The lowest BCUT2D eigenvalue weighted by molar-refractivity contribution is 0.000500. The molecule has 0 spiro atoms. The number of halogens is 2. The number of benzene rings is 4. The summed E-state index contributed by atoms with van der Waals surface area (Å²) in [6, 6.07) is 25.7. The molecule has 0 atom stereocenters. The normalized spacial score (nSPS) is 13.6. The summed E-state index contributed by atoms with van der Waals surface area (Å²) in [5, 5.41) is 9.69. The number of aliphatic hydroxyl groups is 1. The Morgan fingerprint density at radius 3 is 2.36 bits per heavy atom. The number of ether oxygens (including phenoxy) is 3. The van der Waals surface area contributed by atoms with Crippen molar-refractivity contribution >= 4 is 40.2 Å². The molecule has 44 heavy (non-hydrogen) atoms. The van der Waals surface area contributed by atoms with E-state index in [9.17, 15) is 4.79 Å². The van der Waals surface area contributed by atoms with Crippen LogP contribution in [0.25, 0.3) is 33.3 Å². The number of methoxy groups -OCH3 is 1. The highest BCUT2D eigenvalue weighted by Crippen LogP contribution is 2.35. The van der Waals surface area contributed by atoms with Crippen LogP contribution in [-0.2, 0) is 16.0 Å². The van der Waals surface area contributed by atoms with Gasteiger partial charge in [0.2, 0.25) is 0 Å². The highest BCUT2D eigenvalue weighted by molar-refractivity contribution is 6.34. The van der Waals surface area contributed by atoms with E-state index in [1.165, 1.54) is 18.7 Å². The predicted octanol–water partition coefficient (Wildman–Crippen LogP) is 7.22. The first-order chi connectivity index (χ1) is 21.4. The van der Waals surface area contributed by atoms with Gasteiger partial charge < -0.3 is 24.3 Å². The molecule has 0 aliphatic carbocycles. The van der Waals surface area contributed by atoms with Crippen LogP contribution in [0.15, 0.2) is 78.9 Å². The van der Waals surface area contributed by atoms with Gasteiger partial charge in [-0.2, -0.15) is 4.98 Å². The minimum Gasteiger partial charge on any atom is -0.465 e. The van der Waals surface area contributed by atoms with Crippen molar-refractivity contribution in [2.24, 2.45) is 5.92 Å². The van der Waals surface area contributed by atoms with Crippen LogP contribution in [0.3, 0.4) is 0 Å². The van der Waals surface area contributed by atoms with Crippen LogP contribution in [-0.4, -0.2) is 66.0 Å².